The quantitative estimate of drug-likeness (QED) is 0.519. The van der Waals surface area contributed by atoms with Gasteiger partial charge in [-0.25, -0.2) is 0 Å². The van der Waals surface area contributed by atoms with Gasteiger partial charge in [-0.1, -0.05) is 46.0 Å². The monoisotopic (exact) mass is 245 g/mol. The van der Waals surface area contributed by atoms with Crippen LogP contribution in [-0.2, 0) is 4.74 Å². The van der Waals surface area contributed by atoms with Gasteiger partial charge in [0.1, 0.15) is 0 Å². The summed E-state index contributed by atoms with van der Waals surface area (Å²) in [7, 11) is 0. The number of hydrogen-bond donors (Lipinski definition) is 2. The first kappa shape index (κ1) is 16.9. The van der Waals surface area contributed by atoms with Gasteiger partial charge in [-0.3, -0.25) is 0 Å². The summed E-state index contributed by atoms with van der Waals surface area (Å²) in [5.41, 5.74) is -0.281. The molecule has 0 aromatic heterocycles. The van der Waals surface area contributed by atoms with E-state index in [1.165, 1.54) is 32.1 Å². The van der Waals surface area contributed by atoms with Crippen LogP contribution in [0, 0.1) is 0 Å². The van der Waals surface area contributed by atoms with Gasteiger partial charge < -0.3 is 15.2 Å². The molecule has 0 saturated carbocycles. The van der Waals surface area contributed by atoms with Gasteiger partial charge in [-0.15, -0.1) is 0 Å². The smallest absolute Gasteiger partial charge is 0.0668 e. The van der Waals surface area contributed by atoms with Gasteiger partial charge >= 0.3 is 0 Å². The van der Waals surface area contributed by atoms with Crippen LogP contribution in [0.15, 0.2) is 0 Å². The fourth-order valence-corrected chi connectivity index (χ4v) is 1.86. The van der Waals surface area contributed by atoms with Crippen LogP contribution in [0.25, 0.3) is 0 Å². The number of ether oxygens (including phenoxy) is 1. The number of aliphatic hydroxyl groups excluding tert-OH is 1. The summed E-state index contributed by atoms with van der Waals surface area (Å²) in [5.74, 6) is 0. The summed E-state index contributed by atoms with van der Waals surface area (Å²) in [5, 5.41) is 12.5. The molecular weight excluding hydrogens is 214 g/mol. The molecule has 0 aromatic carbocycles. The standard InChI is InChI=1S/C14H31NO2/c1-4-6-7-8-9-10-11-17-13-14(3,12-16)15-5-2/h15-16H,4-13H2,1-3H3. The molecule has 104 valence electrons. The lowest BCUT2D eigenvalue weighted by Crippen LogP contribution is -2.49. The van der Waals surface area contributed by atoms with E-state index in [2.05, 4.69) is 12.2 Å². The van der Waals surface area contributed by atoms with Gasteiger partial charge in [0.25, 0.3) is 0 Å². The average Bonchev–Trinajstić information content (AvgIpc) is 2.33. The fraction of sp³-hybridized carbons (Fsp3) is 1.00. The van der Waals surface area contributed by atoms with E-state index in [1.807, 2.05) is 13.8 Å². The number of aliphatic hydroxyl groups is 1. The molecule has 1 atom stereocenters. The number of rotatable bonds is 12. The Morgan fingerprint density at radius 3 is 2.29 bits per heavy atom. The van der Waals surface area contributed by atoms with Crippen molar-refractivity contribution in [2.24, 2.45) is 0 Å². The second-order valence-electron chi connectivity index (χ2n) is 5.07. The topological polar surface area (TPSA) is 41.5 Å². The lowest BCUT2D eigenvalue weighted by molar-refractivity contribution is 0.0435. The molecule has 0 saturated heterocycles. The summed E-state index contributed by atoms with van der Waals surface area (Å²) >= 11 is 0. The third-order valence-corrected chi connectivity index (χ3v) is 3.02. The summed E-state index contributed by atoms with van der Waals surface area (Å²) in [6.45, 7) is 8.66. The number of likely N-dealkylation sites (N-methyl/N-ethyl adjacent to an activating group) is 1. The first-order valence-corrected chi connectivity index (χ1v) is 7.12. The van der Waals surface area contributed by atoms with Crippen molar-refractivity contribution in [3.63, 3.8) is 0 Å². The molecule has 2 N–H and O–H groups in total. The highest BCUT2D eigenvalue weighted by Crippen LogP contribution is 2.07. The van der Waals surface area contributed by atoms with E-state index in [1.54, 1.807) is 0 Å². The van der Waals surface area contributed by atoms with E-state index in [4.69, 9.17) is 4.74 Å². The van der Waals surface area contributed by atoms with Gasteiger partial charge in [-0.05, 0) is 19.9 Å². The molecule has 0 aromatic rings. The normalized spacial score (nSPS) is 14.8. The second-order valence-corrected chi connectivity index (χ2v) is 5.07. The molecule has 0 aliphatic heterocycles. The lowest BCUT2D eigenvalue weighted by Gasteiger charge is -2.27. The van der Waals surface area contributed by atoms with Crippen molar-refractivity contribution in [2.45, 2.75) is 64.8 Å². The molecule has 0 amide bonds. The molecule has 0 aliphatic rings. The van der Waals surface area contributed by atoms with Crippen LogP contribution in [0.5, 0.6) is 0 Å². The zero-order chi connectivity index (χ0) is 13.0. The van der Waals surface area contributed by atoms with Crippen LogP contribution in [0.3, 0.4) is 0 Å². The molecule has 3 heteroatoms. The van der Waals surface area contributed by atoms with Gasteiger partial charge in [0, 0.05) is 6.61 Å². The molecular formula is C14H31NO2. The SMILES string of the molecule is CCCCCCCCOCC(C)(CO)NCC. The molecule has 0 radical (unpaired) electrons. The van der Waals surface area contributed by atoms with E-state index in [0.29, 0.717) is 6.61 Å². The Morgan fingerprint density at radius 1 is 1.06 bits per heavy atom. The molecule has 3 nitrogen and oxygen atoms in total. The van der Waals surface area contributed by atoms with Gasteiger partial charge in [0.05, 0.1) is 18.8 Å². The van der Waals surface area contributed by atoms with E-state index in [9.17, 15) is 5.11 Å². The summed E-state index contributed by atoms with van der Waals surface area (Å²) in [6.07, 6.45) is 7.72. The Balaban J connectivity index is 3.37. The largest absolute Gasteiger partial charge is 0.394 e. The average molecular weight is 245 g/mol. The van der Waals surface area contributed by atoms with Crippen LogP contribution in [0.2, 0.25) is 0 Å². The van der Waals surface area contributed by atoms with Crippen molar-refractivity contribution in [1.29, 1.82) is 0 Å². The van der Waals surface area contributed by atoms with Gasteiger partial charge in [0.15, 0.2) is 0 Å². The predicted molar refractivity (Wildman–Crippen MR) is 73.4 cm³/mol. The maximum atomic E-state index is 9.27. The Kier molecular flexibility index (Phi) is 10.9. The van der Waals surface area contributed by atoms with Crippen molar-refractivity contribution in [3.05, 3.63) is 0 Å². The zero-order valence-electron chi connectivity index (χ0n) is 11.9. The minimum atomic E-state index is -0.281. The van der Waals surface area contributed by atoms with E-state index in [-0.39, 0.29) is 12.1 Å². The molecule has 0 fully saturated rings. The van der Waals surface area contributed by atoms with Crippen LogP contribution in [-0.4, -0.2) is 37.0 Å². The fourth-order valence-electron chi connectivity index (χ4n) is 1.86. The van der Waals surface area contributed by atoms with Crippen molar-refractivity contribution >= 4 is 0 Å². The van der Waals surface area contributed by atoms with Crippen LogP contribution >= 0.6 is 0 Å². The number of nitrogens with one attached hydrogen (secondary N) is 1. The van der Waals surface area contributed by atoms with E-state index >= 15 is 0 Å². The molecule has 0 spiro atoms. The van der Waals surface area contributed by atoms with Crippen molar-refractivity contribution in [2.75, 3.05) is 26.4 Å². The summed E-state index contributed by atoms with van der Waals surface area (Å²) < 4.78 is 5.63. The molecule has 0 bridgehead atoms. The Bertz CT molecular complexity index is 164. The first-order chi connectivity index (χ1) is 8.18. The summed E-state index contributed by atoms with van der Waals surface area (Å²) in [6, 6.07) is 0. The maximum Gasteiger partial charge on any atom is 0.0668 e. The maximum absolute atomic E-state index is 9.27. The Hall–Kier alpha value is -0.120. The predicted octanol–water partition coefficient (Wildman–Crippen LogP) is 2.72. The van der Waals surface area contributed by atoms with E-state index < -0.39 is 0 Å². The van der Waals surface area contributed by atoms with Crippen LogP contribution in [0.4, 0.5) is 0 Å². The molecule has 1 unspecified atom stereocenters. The Morgan fingerprint density at radius 2 is 1.71 bits per heavy atom. The zero-order valence-corrected chi connectivity index (χ0v) is 11.9. The van der Waals surface area contributed by atoms with Gasteiger partial charge in [0.2, 0.25) is 0 Å². The van der Waals surface area contributed by atoms with E-state index in [0.717, 1.165) is 19.6 Å². The molecule has 0 aliphatic carbocycles. The highest BCUT2D eigenvalue weighted by atomic mass is 16.5. The highest BCUT2D eigenvalue weighted by molar-refractivity contribution is 4.81. The summed E-state index contributed by atoms with van der Waals surface area (Å²) in [4.78, 5) is 0. The third kappa shape index (κ3) is 9.57. The van der Waals surface area contributed by atoms with Crippen molar-refractivity contribution in [1.82, 2.24) is 5.32 Å². The lowest BCUT2D eigenvalue weighted by atomic mass is 10.1. The second kappa shape index (κ2) is 11.0. The highest BCUT2D eigenvalue weighted by Gasteiger charge is 2.21. The minimum Gasteiger partial charge on any atom is -0.394 e. The molecule has 0 rings (SSSR count). The minimum absolute atomic E-state index is 0.122. The van der Waals surface area contributed by atoms with Gasteiger partial charge in [-0.2, -0.15) is 0 Å². The Labute approximate surface area is 107 Å². The van der Waals surface area contributed by atoms with Crippen LogP contribution in [0.1, 0.15) is 59.3 Å². The van der Waals surface area contributed by atoms with Crippen LogP contribution < -0.4 is 5.32 Å². The third-order valence-electron chi connectivity index (χ3n) is 3.02. The first-order valence-electron chi connectivity index (χ1n) is 7.12. The molecule has 17 heavy (non-hydrogen) atoms. The van der Waals surface area contributed by atoms with Crippen molar-refractivity contribution in [3.8, 4) is 0 Å². The number of hydrogen-bond acceptors (Lipinski definition) is 3. The van der Waals surface area contributed by atoms with Crippen molar-refractivity contribution < 1.29 is 9.84 Å². The number of unbranched alkanes of at least 4 members (excludes halogenated alkanes) is 5. The molecule has 0 heterocycles.